The summed E-state index contributed by atoms with van der Waals surface area (Å²) in [7, 11) is 3.95. The Hall–Kier alpha value is -2.97. The van der Waals surface area contributed by atoms with Crippen molar-refractivity contribution in [3.8, 4) is 5.69 Å². The normalized spacial score (nSPS) is 12.6. The van der Waals surface area contributed by atoms with Gasteiger partial charge in [-0.3, -0.25) is 9.47 Å². The maximum atomic E-state index is 13.5. The Bertz CT molecular complexity index is 1330. The number of halogens is 1. The molecule has 0 N–H and O–H groups in total. The van der Waals surface area contributed by atoms with Crippen LogP contribution in [0.4, 0.5) is 4.39 Å². The third-order valence-corrected chi connectivity index (χ3v) is 6.74. The Labute approximate surface area is 190 Å². The lowest BCUT2D eigenvalue weighted by molar-refractivity contribution is 0.305. The van der Waals surface area contributed by atoms with Gasteiger partial charge in [0.2, 0.25) is 0 Å². The number of rotatable bonds is 6. The fourth-order valence-corrected chi connectivity index (χ4v) is 4.45. The maximum absolute atomic E-state index is 13.5. The van der Waals surface area contributed by atoms with Gasteiger partial charge in [0, 0.05) is 22.9 Å². The minimum absolute atomic E-state index is 0.00266. The first-order valence-corrected chi connectivity index (χ1v) is 11.3. The summed E-state index contributed by atoms with van der Waals surface area (Å²) in [4.78, 5) is 14.3. The van der Waals surface area contributed by atoms with E-state index in [-0.39, 0.29) is 17.5 Å². The van der Waals surface area contributed by atoms with E-state index in [1.807, 2.05) is 56.5 Å². The molecule has 2 heterocycles. The van der Waals surface area contributed by atoms with Crippen LogP contribution < -0.4 is 5.63 Å². The van der Waals surface area contributed by atoms with Crippen LogP contribution in [-0.2, 0) is 5.75 Å². The van der Waals surface area contributed by atoms with Crippen LogP contribution in [0.2, 0.25) is 0 Å². The highest BCUT2D eigenvalue weighted by Crippen LogP contribution is 2.31. The molecule has 0 spiro atoms. The zero-order valence-electron chi connectivity index (χ0n) is 18.7. The number of fused-ring (bicyclic) bond motifs is 1. The molecule has 166 valence electrons. The molecule has 4 aromatic rings. The van der Waals surface area contributed by atoms with Gasteiger partial charge in [0.1, 0.15) is 11.4 Å². The Balaban J connectivity index is 1.75. The summed E-state index contributed by atoms with van der Waals surface area (Å²) < 4.78 is 21.0. The maximum Gasteiger partial charge on any atom is 0.336 e. The van der Waals surface area contributed by atoms with Crippen molar-refractivity contribution in [2.24, 2.45) is 0 Å². The van der Waals surface area contributed by atoms with Crippen molar-refractivity contribution in [1.82, 2.24) is 19.7 Å². The zero-order valence-corrected chi connectivity index (χ0v) is 19.5. The predicted molar refractivity (Wildman–Crippen MR) is 125 cm³/mol. The molecule has 0 saturated heterocycles. The van der Waals surface area contributed by atoms with Gasteiger partial charge in [0.15, 0.2) is 11.0 Å². The first kappa shape index (κ1) is 22.2. The van der Waals surface area contributed by atoms with Crippen molar-refractivity contribution in [2.45, 2.75) is 37.7 Å². The molecule has 0 unspecified atom stereocenters. The Morgan fingerprint density at radius 1 is 1.12 bits per heavy atom. The SMILES string of the molecule is Cc1ccc2c(CSc3nnc([C@H](C)N(C)C)n3-c3ccc(F)cc3)cc(=O)oc2c1C. The quantitative estimate of drug-likeness (QED) is 0.302. The second kappa shape index (κ2) is 8.88. The lowest BCUT2D eigenvalue weighted by Gasteiger charge is -2.20. The molecule has 2 aromatic carbocycles. The van der Waals surface area contributed by atoms with E-state index in [4.69, 9.17) is 4.42 Å². The van der Waals surface area contributed by atoms with E-state index in [1.165, 1.54) is 30.0 Å². The summed E-state index contributed by atoms with van der Waals surface area (Å²) in [5, 5.41) is 10.4. The van der Waals surface area contributed by atoms with Crippen molar-refractivity contribution in [3.05, 3.63) is 81.2 Å². The molecule has 0 aliphatic rings. The van der Waals surface area contributed by atoms with Crippen molar-refractivity contribution in [1.29, 1.82) is 0 Å². The zero-order chi connectivity index (χ0) is 23.0. The minimum atomic E-state index is -0.372. The highest BCUT2D eigenvalue weighted by atomic mass is 32.2. The first-order chi connectivity index (χ1) is 15.3. The van der Waals surface area contributed by atoms with Gasteiger partial charge in [0.05, 0.1) is 6.04 Å². The number of aryl methyl sites for hydroxylation is 2. The molecule has 1 atom stereocenters. The van der Waals surface area contributed by atoms with E-state index in [0.29, 0.717) is 16.5 Å². The highest BCUT2D eigenvalue weighted by molar-refractivity contribution is 7.98. The van der Waals surface area contributed by atoms with Gasteiger partial charge in [-0.25, -0.2) is 9.18 Å². The summed E-state index contributed by atoms with van der Waals surface area (Å²) in [6.45, 7) is 5.99. The average molecular weight is 453 g/mol. The van der Waals surface area contributed by atoms with Gasteiger partial charge in [-0.2, -0.15) is 0 Å². The lowest BCUT2D eigenvalue weighted by Crippen LogP contribution is -2.20. The standard InChI is InChI=1S/C24H25FN4O2S/c1-14-6-11-20-17(12-21(30)31-22(20)15(14)2)13-32-24-27-26-23(16(3)28(4)5)29(24)19-9-7-18(25)8-10-19/h6-12,16H,13H2,1-5H3/t16-/m0/s1. The van der Waals surface area contributed by atoms with E-state index in [1.54, 1.807) is 12.1 Å². The van der Waals surface area contributed by atoms with E-state index >= 15 is 0 Å². The second-order valence-corrected chi connectivity index (χ2v) is 9.00. The fourth-order valence-electron chi connectivity index (χ4n) is 3.50. The van der Waals surface area contributed by atoms with Crippen LogP contribution in [0.3, 0.4) is 0 Å². The number of thioether (sulfide) groups is 1. The molecule has 2 aromatic heterocycles. The molecule has 0 radical (unpaired) electrons. The van der Waals surface area contributed by atoms with E-state index < -0.39 is 0 Å². The van der Waals surface area contributed by atoms with Crippen molar-refractivity contribution < 1.29 is 8.81 Å². The molecule has 0 amide bonds. The summed E-state index contributed by atoms with van der Waals surface area (Å²) in [5.41, 5.74) is 3.94. The fraction of sp³-hybridized carbons (Fsp3) is 0.292. The van der Waals surface area contributed by atoms with Crippen LogP contribution in [0, 0.1) is 19.7 Å². The number of benzene rings is 2. The van der Waals surface area contributed by atoms with Crippen LogP contribution in [0.5, 0.6) is 0 Å². The van der Waals surface area contributed by atoms with Crippen molar-refractivity contribution >= 4 is 22.7 Å². The van der Waals surface area contributed by atoms with Crippen LogP contribution in [0.15, 0.2) is 56.8 Å². The summed E-state index contributed by atoms with van der Waals surface area (Å²) in [6, 6.07) is 11.8. The van der Waals surface area contributed by atoms with Gasteiger partial charge in [-0.15, -0.1) is 10.2 Å². The molecular weight excluding hydrogens is 427 g/mol. The van der Waals surface area contributed by atoms with Crippen LogP contribution in [-0.4, -0.2) is 33.8 Å². The molecule has 0 aliphatic carbocycles. The molecule has 4 rings (SSSR count). The van der Waals surface area contributed by atoms with Crippen molar-refractivity contribution in [2.75, 3.05) is 14.1 Å². The van der Waals surface area contributed by atoms with E-state index in [2.05, 4.69) is 10.2 Å². The Morgan fingerprint density at radius 2 is 1.84 bits per heavy atom. The largest absolute Gasteiger partial charge is 0.422 e. The summed E-state index contributed by atoms with van der Waals surface area (Å²) >= 11 is 1.48. The van der Waals surface area contributed by atoms with Crippen molar-refractivity contribution in [3.63, 3.8) is 0 Å². The lowest BCUT2D eigenvalue weighted by atomic mass is 10.0. The molecule has 32 heavy (non-hydrogen) atoms. The Kier molecular flexibility index (Phi) is 6.17. The molecular formula is C24H25FN4O2S. The predicted octanol–water partition coefficient (Wildman–Crippen LogP) is 5.04. The number of aromatic nitrogens is 3. The summed E-state index contributed by atoms with van der Waals surface area (Å²) in [6.07, 6.45) is 0. The molecule has 0 bridgehead atoms. The smallest absolute Gasteiger partial charge is 0.336 e. The molecule has 0 aliphatic heterocycles. The van der Waals surface area contributed by atoms with Crippen LogP contribution in [0.1, 0.15) is 35.5 Å². The Morgan fingerprint density at radius 3 is 2.53 bits per heavy atom. The topological polar surface area (TPSA) is 64.2 Å². The minimum Gasteiger partial charge on any atom is -0.422 e. The van der Waals surface area contributed by atoms with Gasteiger partial charge in [0.25, 0.3) is 0 Å². The van der Waals surface area contributed by atoms with Gasteiger partial charge in [-0.1, -0.05) is 23.9 Å². The third-order valence-electron chi connectivity index (χ3n) is 5.77. The van der Waals surface area contributed by atoms with Gasteiger partial charge >= 0.3 is 5.63 Å². The first-order valence-electron chi connectivity index (χ1n) is 10.3. The molecule has 6 nitrogen and oxygen atoms in total. The van der Waals surface area contributed by atoms with Gasteiger partial charge in [-0.05, 0) is 75.8 Å². The monoisotopic (exact) mass is 452 g/mol. The van der Waals surface area contributed by atoms with E-state index in [0.717, 1.165) is 33.6 Å². The van der Waals surface area contributed by atoms with Crippen LogP contribution >= 0.6 is 11.8 Å². The average Bonchev–Trinajstić information content (AvgIpc) is 3.18. The second-order valence-electron chi connectivity index (χ2n) is 8.06. The molecule has 8 heteroatoms. The molecule has 0 saturated carbocycles. The van der Waals surface area contributed by atoms with Crippen LogP contribution in [0.25, 0.3) is 16.7 Å². The number of hydrogen-bond acceptors (Lipinski definition) is 6. The molecule has 0 fully saturated rings. The number of hydrogen-bond donors (Lipinski definition) is 0. The number of nitrogens with zero attached hydrogens (tertiary/aromatic N) is 4. The van der Waals surface area contributed by atoms with E-state index in [9.17, 15) is 9.18 Å². The van der Waals surface area contributed by atoms with Gasteiger partial charge < -0.3 is 4.42 Å². The third kappa shape index (κ3) is 4.20. The summed E-state index contributed by atoms with van der Waals surface area (Å²) in [5.74, 6) is 0.972. The highest BCUT2D eigenvalue weighted by Gasteiger charge is 2.21.